The minimum Gasteiger partial charge on any atom is -0.350 e. The molecule has 1 fully saturated rings. The van der Waals surface area contributed by atoms with Crippen LogP contribution >= 0.6 is 34.2 Å². The Morgan fingerprint density at radius 2 is 1.73 bits per heavy atom. The number of nitrogens with zero attached hydrogens (tertiary/aromatic N) is 1. The van der Waals surface area contributed by atoms with Crippen LogP contribution in [0.25, 0.3) is 0 Å². The number of halogens is 4. The van der Waals surface area contributed by atoms with Gasteiger partial charge in [0.25, 0.3) is 0 Å². The topological polar surface area (TPSA) is 61.4 Å². The Balaban J connectivity index is 1.97. The summed E-state index contributed by atoms with van der Waals surface area (Å²) in [6.45, 7) is 0.787. The van der Waals surface area contributed by atoms with E-state index in [0.29, 0.717) is 23.8 Å². The molecule has 0 amide bonds. The number of rotatable bonds is 5. The third kappa shape index (κ3) is 4.21. The lowest BCUT2D eigenvalue weighted by molar-refractivity contribution is 0.482. The average molecular weight is 514 g/mol. The molecule has 2 aromatic rings. The molecule has 2 N–H and O–H groups in total. The second-order valence-corrected chi connectivity index (χ2v) is 9.07. The fourth-order valence-electron chi connectivity index (χ4n) is 2.62. The van der Waals surface area contributed by atoms with Crippen LogP contribution in [0, 0.1) is 15.2 Å². The molecule has 10 heteroatoms. The standard InChI is InChI=1S/C16H15ClF2IN3O2S/c17-11-9-10(20)3-5-13(11)21-16-14(6-4-12(18)15(16)19)22-26(24,25)23-7-1-2-8-23/h3-6,9,21-22H,1-2,7-8H2. The summed E-state index contributed by atoms with van der Waals surface area (Å²) in [4.78, 5) is 0. The fraction of sp³-hybridized carbons (Fsp3) is 0.250. The second-order valence-electron chi connectivity index (χ2n) is 5.75. The highest BCUT2D eigenvalue weighted by Gasteiger charge is 2.27. The summed E-state index contributed by atoms with van der Waals surface area (Å²) in [5.41, 5.74) is -0.0838. The zero-order valence-electron chi connectivity index (χ0n) is 13.4. The Bertz CT molecular complexity index is 937. The van der Waals surface area contributed by atoms with Crippen molar-refractivity contribution in [3.05, 3.63) is 50.6 Å². The van der Waals surface area contributed by atoms with E-state index in [1.165, 1.54) is 10.4 Å². The summed E-state index contributed by atoms with van der Waals surface area (Å²) in [7, 11) is -3.85. The quantitative estimate of drug-likeness (QED) is 0.569. The Morgan fingerprint density at radius 1 is 1.08 bits per heavy atom. The van der Waals surface area contributed by atoms with Crippen molar-refractivity contribution in [3.63, 3.8) is 0 Å². The van der Waals surface area contributed by atoms with Gasteiger partial charge in [-0.25, -0.2) is 8.78 Å². The first-order chi connectivity index (χ1) is 12.3. The predicted octanol–water partition coefficient (Wildman–Crippen LogP) is 4.72. The van der Waals surface area contributed by atoms with Crippen LogP contribution in [0.1, 0.15) is 12.8 Å². The lowest BCUT2D eigenvalue weighted by Gasteiger charge is -2.20. The van der Waals surface area contributed by atoms with Gasteiger partial charge in [-0.2, -0.15) is 12.7 Å². The molecule has 0 bridgehead atoms. The third-order valence-corrected chi connectivity index (χ3v) is 6.44. The molecule has 26 heavy (non-hydrogen) atoms. The molecule has 5 nitrogen and oxygen atoms in total. The molecule has 0 aliphatic carbocycles. The van der Waals surface area contributed by atoms with Crippen LogP contribution in [0.5, 0.6) is 0 Å². The van der Waals surface area contributed by atoms with Crippen molar-refractivity contribution in [2.24, 2.45) is 0 Å². The first kappa shape index (κ1) is 19.6. The molecular weight excluding hydrogens is 499 g/mol. The number of hydrogen-bond acceptors (Lipinski definition) is 3. The molecule has 2 aromatic carbocycles. The van der Waals surface area contributed by atoms with E-state index < -0.39 is 21.8 Å². The van der Waals surface area contributed by atoms with E-state index in [-0.39, 0.29) is 11.4 Å². The van der Waals surface area contributed by atoms with E-state index in [0.717, 1.165) is 22.5 Å². The molecule has 1 saturated heterocycles. The van der Waals surface area contributed by atoms with E-state index in [4.69, 9.17) is 11.6 Å². The maximum absolute atomic E-state index is 14.4. The molecule has 1 heterocycles. The highest BCUT2D eigenvalue weighted by molar-refractivity contribution is 14.1. The number of anilines is 3. The smallest absolute Gasteiger partial charge is 0.301 e. The highest BCUT2D eigenvalue weighted by atomic mass is 127. The second kappa shape index (κ2) is 7.83. The highest BCUT2D eigenvalue weighted by Crippen LogP contribution is 2.34. The van der Waals surface area contributed by atoms with Gasteiger partial charge >= 0.3 is 10.2 Å². The summed E-state index contributed by atoms with van der Waals surface area (Å²) in [6, 6.07) is 7.04. The van der Waals surface area contributed by atoms with Crippen LogP contribution in [0.3, 0.4) is 0 Å². The molecule has 3 rings (SSSR count). The Kier molecular flexibility index (Phi) is 5.90. The van der Waals surface area contributed by atoms with Gasteiger partial charge in [-0.05, 0) is 65.8 Å². The van der Waals surface area contributed by atoms with E-state index in [1.807, 2.05) is 0 Å². The van der Waals surface area contributed by atoms with Crippen LogP contribution in [0.2, 0.25) is 5.02 Å². The predicted molar refractivity (Wildman–Crippen MR) is 107 cm³/mol. The van der Waals surface area contributed by atoms with Gasteiger partial charge in [0.15, 0.2) is 11.6 Å². The molecule has 0 spiro atoms. The minimum absolute atomic E-state index is 0.0922. The van der Waals surface area contributed by atoms with Crippen LogP contribution in [-0.2, 0) is 10.2 Å². The number of benzene rings is 2. The van der Waals surface area contributed by atoms with Crippen molar-refractivity contribution in [1.29, 1.82) is 0 Å². The van der Waals surface area contributed by atoms with Gasteiger partial charge in [-0.1, -0.05) is 11.6 Å². The summed E-state index contributed by atoms with van der Waals surface area (Å²) in [6.07, 6.45) is 1.53. The minimum atomic E-state index is -3.85. The fourth-order valence-corrected chi connectivity index (χ4v) is 4.83. The van der Waals surface area contributed by atoms with E-state index in [9.17, 15) is 17.2 Å². The Hall–Kier alpha value is -1.17. The zero-order chi connectivity index (χ0) is 18.9. The third-order valence-electron chi connectivity index (χ3n) is 3.93. The first-order valence-electron chi connectivity index (χ1n) is 7.76. The monoisotopic (exact) mass is 513 g/mol. The lowest BCUT2D eigenvalue weighted by atomic mass is 10.2. The van der Waals surface area contributed by atoms with E-state index in [1.54, 1.807) is 18.2 Å². The Morgan fingerprint density at radius 3 is 2.38 bits per heavy atom. The Labute approximate surface area is 169 Å². The van der Waals surface area contributed by atoms with Crippen LogP contribution < -0.4 is 10.0 Å². The van der Waals surface area contributed by atoms with Crippen LogP contribution in [-0.4, -0.2) is 25.8 Å². The molecule has 0 aromatic heterocycles. The van der Waals surface area contributed by atoms with Crippen molar-refractivity contribution in [1.82, 2.24) is 4.31 Å². The van der Waals surface area contributed by atoms with Gasteiger partial charge in [0.2, 0.25) is 0 Å². The van der Waals surface area contributed by atoms with Crippen LogP contribution in [0.15, 0.2) is 30.3 Å². The summed E-state index contributed by atoms with van der Waals surface area (Å²) in [5, 5.41) is 2.99. The van der Waals surface area contributed by atoms with Gasteiger partial charge in [0, 0.05) is 16.7 Å². The SMILES string of the molecule is O=S(=O)(Nc1ccc(F)c(F)c1Nc1ccc(I)cc1Cl)N1CCCC1. The van der Waals surface area contributed by atoms with Crippen molar-refractivity contribution < 1.29 is 17.2 Å². The number of hydrogen-bond donors (Lipinski definition) is 2. The molecule has 1 aliphatic rings. The molecular formula is C16H15ClF2IN3O2S. The van der Waals surface area contributed by atoms with Gasteiger partial charge in [-0.15, -0.1) is 0 Å². The van der Waals surface area contributed by atoms with Crippen molar-refractivity contribution in [2.45, 2.75) is 12.8 Å². The summed E-state index contributed by atoms with van der Waals surface area (Å²) < 4.78 is 57.5. The summed E-state index contributed by atoms with van der Waals surface area (Å²) >= 11 is 8.20. The van der Waals surface area contributed by atoms with Crippen molar-refractivity contribution in [3.8, 4) is 0 Å². The summed E-state index contributed by atoms with van der Waals surface area (Å²) in [5.74, 6) is -2.29. The van der Waals surface area contributed by atoms with Gasteiger partial charge in [0.1, 0.15) is 5.69 Å². The van der Waals surface area contributed by atoms with Gasteiger partial charge in [-0.3, -0.25) is 4.72 Å². The van der Waals surface area contributed by atoms with Crippen LogP contribution in [0.4, 0.5) is 25.8 Å². The molecule has 1 aliphatic heterocycles. The van der Waals surface area contributed by atoms with Gasteiger partial charge in [0.05, 0.1) is 16.4 Å². The maximum Gasteiger partial charge on any atom is 0.301 e. The maximum atomic E-state index is 14.4. The molecule has 0 unspecified atom stereocenters. The van der Waals surface area contributed by atoms with E-state index in [2.05, 4.69) is 32.6 Å². The zero-order valence-corrected chi connectivity index (χ0v) is 17.1. The van der Waals surface area contributed by atoms with Gasteiger partial charge < -0.3 is 5.32 Å². The molecule has 0 atom stereocenters. The van der Waals surface area contributed by atoms with E-state index >= 15 is 0 Å². The largest absolute Gasteiger partial charge is 0.350 e. The molecule has 0 saturated carbocycles. The molecule has 0 radical (unpaired) electrons. The molecule has 140 valence electrons. The lowest BCUT2D eigenvalue weighted by Crippen LogP contribution is -2.33. The first-order valence-corrected chi connectivity index (χ1v) is 10.7. The average Bonchev–Trinajstić information content (AvgIpc) is 3.11. The normalized spacial score (nSPS) is 15.2. The number of nitrogens with one attached hydrogen (secondary N) is 2. The van der Waals surface area contributed by atoms with Crippen molar-refractivity contribution in [2.75, 3.05) is 23.1 Å². The van der Waals surface area contributed by atoms with Crippen molar-refractivity contribution >= 4 is 61.5 Å².